The van der Waals surface area contributed by atoms with Crippen LogP contribution in [-0.2, 0) is 14.6 Å². The molecule has 0 saturated heterocycles. The van der Waals surface area contributed by atoms with Crippen molar-refractivity contribution in [2.45, 2.75) is 12.3 Å². The highest BCUT2D eigenvalue weighted by atomic mass is 32.2. The molecule has 1 amide bonds. The molecule has 0 saturated carbocycles. The molecule has 2 N–H and O–H groups in total. The number of rotatable bonds is 6. The highest BCUT2D eigenvalue weighted by molar-refractivity contribution is 7.90. The van der Waals surface area contributed by atoms with Crippen molar-refractivity contribution in [1.29, 1.82) is 0 Å². The number of sulfone groups is 1. The Morgan fingerprint density at radius 3 is 2.40 bits per heavy atom. The summed E-state index contributed by atoms with van der Waals surface area (Å²) in [7, 11) is -3.28. The van der Waals surface area contributed by atoms with Crippen LogP contribution in [0.3, 0.4) is 0 Å². The van der Waals surface area contributed by atoms with Gasteiger partial charge in [-0.2, -0.15) is 0 Å². The molecule has 90 valence electrons. The minimum atomic E-state index is -3.37. The standard InChI is InChI=1S/C7H13F2NO4S/c1-15(13,14)3-2-6(12)10-4-7(8,9)5-11/h11H,2-5H2,1H3,(H,10,12). The van der Waals surface area contributed by atoms with Crippen LogP contribution in [0.25, 0.3) is 0 Å². The van der Waals surface area contributed by atoms with Gasteiger partial charge in [-0.3, -0.25) is 4.79 Å². The summed E-state index contributed by atoms with van der Waals surface area (Å²) < 4.78 is 46.1. The minimum Gasteiger partial charge on any atom is -0.390 e. The van der Waals surface area contributed by atoms with E-state index in [2.05, 4.69) is 0 Å². The summed E-state index contributed by atoms with van der Waals surface area (Å²) in [5.41, 5.74) is 0. The summed E-state index contributed by atoms with van der Waals surface area (Å²) in [6, 6.07) is 0. The fourth-order valence-electron chi connectivity index (χ4n) is 0.650. The van der Waals surface area contributed by atoms with Crippen molar-refractivity contribution in [2.75, 3.05) is 25.2 Å². The van der Waals surface area contributed by atoms with Crippen molar-refractivity contribution in [3.05, 3.63) is 0 Å². The van der Waals surface area contributed by atoms with Crippen LogP contribution in [0.15, 0.2) is 0 Å². The van der Waals surface area contributed by atoms with Crippen molar-refractivity contribution >= 4 is 15.7 Å². The molecule has 0 spiro atoms. The van der Waals surface area contributed by atoms with Crippen molar-refractivity contribution in [2.24, 2.45) is 0 Å². The summed E-state index contributed by atoms with van der Waals surface area (Å²) in [6.45, 7) is -2.36. The van der Waals surface area contributed by atoms with Crippen LogP contribution in [-0.4, -0.2) is 50.5 Å². The molecule has 0 rings (SSSR count). The lowest BCUT2D eigenvalue weighted by Gasteiger charge is -2.13. The molecule has 0 aromatic rings. The number of alkyl halides is 2. The molecule has 0 aliphatic rings. The second-order valence-corrected chi connectivity index (χ2v) is 5.43. The van der Waals surface area contributed by atoms with Crippen molar-refractivity contribution in [1.82, 2.24) is 5.32 Å². The third kappa shape index (κ3) is 8.25. The van der Waals surface area contributed by atoms with E-state index < -0.39 is 34.8 Å². The lowest BCUT2D eigenvalue weighted by atomic mass is 10.3. The molecule has 0 heterocycles. The Bertz CT molecular complexity index is 315. The van der Waals surface area contributed by atoms with E-state index in [0.29, 0.717) is 0 Å². The molecule has 0 atom stereocenters. The van der Waals surface area contributed by atoms with Gasteiger partial charge in [-0.1, -0.05) is 0 Å². The van der Waals surface area contributed by atoms with Crippen LogP contribution in [0, 0.1) is 0 Å². The third-order valence-electron chi connectivity index (χ3n) is 1.48. The van der Waals surface area contributed by atoms with Gasteiger partial charge in [0.2, 0.25) is 5.91 Å². The maximum Gasteiger partial charge on any atom is 0.287 e. The molecule has 5 nitrogen and oxygen atoms in total. The smallest absolute Gasteiger partial charge is 0.287 e. The number of hydrogen-bond acceptors (Lipinski definition) is 4. The van der Waals surface area contributed by atoms with Crippen LogP contribution < -0.4 is 5.32 Å². The zero-order valence-electron chi connectivity index (χ0n) is 8.16. The second-order valence-electron chi connectivity index (χ2n) is 3.17. The third-order valence-corrected chi connectivity index (χ3v) is 2.42. The molecule has 0 aromatic carbocycles. The van der Waals surface area contributed by atoms with Gasteiger partial charge in [0, 0.05) is 12.7 Å². The summed E-state index contributed by atoms with van der Waals surface area (Å²) in [6.07, 6.45) is 0.586. The molecule has 0 fully saturated rings. The first-order chi connectivity index (χ1) is 6.66. The van der Waals surface area contributed by atoms with Gasteiger partial charge in [0.05, 0.1) is 12.3 Å². The fourth-order valence-corrected chi connectivity index (χ4v) is 1.21. The van der Waals surface area contributed by atoms with Crippen LogP contribution in [0.2, 0.25) is 0 Å². The number of carbonyl (C=O) groups is 1. The largest absolute Gasteiger partial charge is 0.390 e. The van der Waals surface area contributed by atoms with Gasteiger partial charge in [0.15, 0.2) is 0 Å². The van der Waals surface area contributed by atoms with E-state index in [1.807, 2.05) is 5.32 Å². The minimum absolute atomic E-state index is 0.361. The summed E-state index contributed by atoms with van der Waals surface area (Å²) in [5, 5.41) is 10.0. The molecule has 0 bridgehead atoms. The van der Waals surface area contributed by atoms with E-state index in [1.54, 1.807) is 0 Å². The Hall–Kier alpha value is -0.760. The maximum absolute atomic E-state index is 12.4. The van der Waals surface area contributed by atoms with Crippen LogP contribution >= 0.6 is 0 Å². The molecule has 8 heteroatoms. The molecular formula is C7H13F2NO4S. The van der Waals surface area contributed by atoms with E-state index in [9.17, 15) is 22.0 Å². The number of amides is 1. The van der Waals surface area contributed by atoms with Gasteiger partial charge in [-0.25, -0.2) is 17.2 Å². The van der Waals surface area contributed by atoms with Crippen molar-refractivity contribution in [3.63, 3.8) is 0 Å². The van der Waals surface area contributed by atoms with Crippen molar-refractivity contribution < 1.29 is 27.1 Å². The van der Waals surface area contributed by atoms with Gasteiger partial charge >= 0.3 is 0 Å². The molecule has 0 unspecified atom stereocenters. The number of aliphatic hydroxyl groups is 1. The Balaban J connectivity index is 3.87. The van der Waals surface area contributed by atoms with E-state index in [1.165, 1.54) is 0 Å². The lowest BCUT2D eigenvalue weighted by molar-refractivity contribution is -0.123. The quantitative estimate of drug-likeness (QED) is 0.639. The zero-order chi connectivity index (χ0) is 12.1. The first kappa shape index (κ1) is 14.2. The Morgan fingerprint density at radius 1 is 1.47 bits per heavy atom. The molecule has 0 aromatic heterocycles. The van der Waals surface area contributed by atoms with Crippen LogP contribution in [0.5, 0.6) is 0 Å². The average molecular weight is 245 g/mol. The normalized spacial score (nSPS) is 12.5. The monoisotopic (exact) mass is 245 g/mol. The second kappa shape index (κ2) is 5.36. The molecule has 0 aliphatic carbocycles. The lowest BCUT2D eigenvalue weighted by Crippen LogP contribution is -2.39. The van der Waals surface area contributed by atoms with E-state index in [-0.39, 0.29) is 12.2 Å². The number of hydrogen-bond donors (Lipinski definition) is 2. The first-order valence-electron chi connectivity index (χ1n) is 4.09. The SMILES string of the molecule is CS(=O)(=O)CCC(=O)NCC(F)(F)CO. The molecular weight excluding hydrogens is 232 g/mol. The molecule has 0 radical (unpaired) electrons. The maximum atomic E-state index is 12.4. The van der Waals surface area contributed by atoms with Crippen molar-refractivity contribution in [3.8, 4) is 0 Å². The number of halogens is 2. The summed E-state index contributed by atoms with van der Waals surface area (Å²) in [5.74, 6) is -4.54. The van der Waals surface area contributed by atoms with E-state index in [4.69, 9.17) is 5.11 Å². The van der Waals surface area contributed by atoms with Crippen LogP contribution in [0.4, 0.5) is 8.78 Å². The number of carbonyl (C=O) groups excluding carboxylic acids is 1. The fraction of sp³-hybridized carbons (Fsp3) is 0.857. The summed E-state index contributed by atoms with van der Waals surface area (Å²) in [4.78, 5) is 10.9. The predicted molar refractivity (Wildman–Crippen MR) is 49.4 cm³/mol. The highest BCUT2D eigenvalue weighted by Gasteiger charge is 2.28. The van der Waals surface area contributed by atoms with Gasteiger partial charge in [0.25, 0.3) is 5.92 Å². The number of nitrogens with one attached hydrogen (secondary N) is 1. The average Bonchev–Trinajstić information content (AvgIpc) is 2.10. The van der Waals surface area contributed by atoms with Crippen LogP contribution in [0.1, 0.15) is 6.42 Å². The van der Waals surface area contributed by atoms with Gasteiger partial charge in [0.1, 0.15) is 16.4 Å². The Kier molecular flexibility index (Phi) is 5.09. The molecule has 15 heavy (non-hydrogen) atoms. The van der Waals surface area contributed by atoms with E-state index in [0.717, 1.165) is 6.26 Å². The molecule has 0 aliphatic heterocycles. The van der Waals surface area contributed by atoms with Gasteiger partial charge in [-0.05, 0) is 0 Å². The van der Waals surface area contributed by atoms with Gasteiger partial charge in [-0.15, -0.1) is 0 Å². The predicted octanol–water partition coefficient (Wildman–Crippen LogP) is -0.835. The highest BCUT2D eigenvalue weighted by Crippen LogP contribution is 2.09. The summed E-state index contributed by atoms with van der Waals surface area (Å²) >= 11 is 0. The zero-order valence-corrected chi connectivity index (χ0v) is 8.98. The van der Waals surface area contributed by atoms with E-state index >= 15 is 0 Å². The Morgan fingerprint density at radius 2 is 2.00 bits per heavy atom. The first-order valence-corrected chi connectivity index (χ1v) is 6.15. The topological polar surface area (TPSA) is 83.5 Å². The van der Waals surface area contributed by atoms with Gasteiger partial charge < -0.3 is 10.4 Å². The Labute approximate surface area is 86.4 Å². The number of aliphatic hydroxyl groups excluding tert-OH is 1.